The first-order valence-electron chi connectivity index (χ1n) is 6.69. The summed E-state index contributed by atoms with van der Waals surface area (Å²) in [6.45, 7) is 0.767. The summed E-state index contributed by atoms with van der Waals surface area (Å²) >= 11 is 0. The largest absolute Gasteiger partial charge is 0.342 e. The van der Waals surface area contributed by atoms with Crippen molar-refractivity contribution < 1.29 is 9.59 Å². The van der Waals surface area contributed by atoms with Gasteiger partial charge in [0.2, 0.25) is 11.8 Å². The van der Waals surface area contributed by atoms with E-state index in [1.807, 2.05) is 13.2 Å². The van der Waals surface area contributed by atoms with E-state index in [2.05, 4.69) is 10.4 Å². The minimum absolute atomic E-state index is 0.0392. The van der Waals surface area contributed by atoms with Gasteiger partial charge >= 0.3 is 0 Å². The predicted molar refractivity (Wildman–Crippen MR) is 68.1 cm³/mol. The normalized spacial score (nSPS) is 23.6. The molecule has 6 nitrogen and oxygen atoms in total. The smallest absolute Gasteiger partial charge is 0.245 e. The molecule has 1 aromatic heterocycles. The van der Waals surface area contributed by atoms with Gasteiger partial charge in [-0.1, -0.05) is 0 Å². The molecule has 2 fully saturated rings. The number of carbonyl (C=O) groups is 2. The molecule has 1 aliphatic carbocycles. The van der Waals surface area contributed by atoms with E-state index in [4.69, 9.17) is 0 Å². The highest BCUT2D eigenvalue weighted by Crippen LogP contribution is 2.34. The molecule has 2 heterocycles. The molecule has 1 N–H and O–H groups in total. The van der Waals surface area contributed by atoms with Gasteiger partial charge in [0.25, 0.3) is 0 Å². The van der Waals surface area contributed by atoms with Crippen LogP contribution >= 0.6 is 0 Å². The number of hydrogen-bond acceptors (Lipinski definition) is 3. The summed E-state index contributed by atoms with van der Waals surface area (Å²) in [4.78, 5) is 25.6. The van der Waals surface area contributed by atoms with E-state index in [0.717, 1.165) is 24.8 Å². The molecule has 1 saturated carbocycles. The second-order valence-corrected chi connectivity index (χ2v) is 5.41. The summed E-state index contributed by atoms with van der Waals surface area (Å²) in [5, 5.41) is 6.92. The average Bonchev–Trinajstić information content (AvgIpc) is 3.13. The van der Waals surface area contributed by atoms with Crippen molar-refractivity contribution in [3.05, 3.63) is 18.0 Å². The molecule has 19 heavy (non-hydrogen) atoms. The van der Waals surface area contributed by atoms with Crippen molar-refractivity contribution >= 4 is 11.8 Å². The van der Waals surface area contributed by atoms with E-state index in [-0.39, 0.29) is 24.4 Å². The number of rotatable bonds is 4. The van der Waals surface area contributed by atoms with Crippen LogP contribution in [-0.2, 0) is 23.1 Å². The van der Waals surface area contributed by atoms with E-state index in [0.29, 0.717) is 12.5 Å². The molecule has 1 aromatic rings. The molecule has 0 radical (unpaired) electrons. The second kappa shape index (κ2) is 4.68. The Morgan fingerprint density at radius 2 is 2.21 bits per heavy atom. The van der Waals surface area contributed by atoms with Gasteiger partial charge in [-0.25, -0.2) is 0 Å². The van der Waals surface area contributed by atoms with Gasteiger partial charge in [0.15, 0.2) is 0 Å². The zero-order valence-electron chi connectivity index (χ0n) is 11.0. The molecule has 2 aliphatic rings. The average molecular weight is 262 g/mol. The van der Waals surface area contributed by atoms with Gasteiger partial charge in [-0.2, -0.15) is 5.10 Å². The SMILES string of the molecule is Cn1cc(CCN2CC(=O)NC(C3CC3)C2=O)cn1. The van der Waals surface area contributed by atoms with Crippen LogP contribution in [0.1, 0.15) is 18.4 Å². The summed E-state index contributed by atoms with van der Waals surface area (Å²) in [5.41, 5.74) is 1.09. The minimum atomic E-state index is -0.282. The highest BCUT2D eigenvalue weighted by molar-refractivity contribution is 5.95. The molecule has 0 aromatic carbocycles. The number of aromatic nitrogens is 2. The lowest BCUT2D eigenvalue weighted by Crippen LogP contribution is -2.59. The quantitative estimate of drug-likeness (QED) is 0.810. The zero-order valence-corrected chi connectivity index (χ0v) is 11.0. The van der Waals surface area contributed by atoms with E-state index in [1.54, 1.807) is 15.8 Å². The molecule has 2 amide bonds. The Hall–Kier alpha value is -1.85. The fourth-order valence-electron chi connectivity index (χ4n) is 2.53. The maximum Gasteiger partial charge on any atom is 0.245 e. The number of hydrogen-bond donors (Lipinski definition) is 1. The van der Waals surface area contributed by atoms with E-state index >= 15 is 0 Å². The third kappa shape index (κ3) is 2.62. The first-order chi connectivity index (χ1) is 9.13. The van der Waals surface area contributed by atoms with Crippen LogP contribution in [0.4, 0.5) is 0 Å². The Bertz CT molecular complexity index is 506. The molecule has 0 spiro atoms. The molecular formula is C13H18N4O2. The van der Waals surface area contributed by atoms with Crippen LogP contribution in [-0.4, -0.2) is 45.6 Å². The third-order valence-electron chi connectivity index (χ3n) is 3.75. The molecule has 0 bridgehead atoms. The van der Waals surface area contributed by atoms with Crippen LogP contribution in [0.5, 0.6) is 0 Å². The van der Waals surface area contributed by atoms with Gasteiger partial charge in [-0.05, 0) is 30.7 Å². The van der Waals surface area contributed by atoms with Gasteiger partial charge in [0, 0.05) is 19.8 Å². The van der Waals surface area contributed by atoms with Crippen LogP contribution < -0.4 is 5.32 Å². The monoisotopic (exact) mass is 262 g/mol. The summed E-state index contributed by atoms with van der Waals surface area (Å²) in [6, 6.07) is -0.282. The first-order valence-corrected chi connectivity index (χ1v) is 6.69. The number of carbonyl (C=O) groups excluding carboxylic acids is 2. The van der Waals surface area contributed by atoms with Gasteiger partial charge in [-0.15, -0.1) is 0 Å². The van der Waals surface area contributed by atoms with Gasteiger partial charge < -0.3 is 10.2 Å². The molecule has 1 atom stereocenters. The van der Waals surface area contributed by atoms with Crippen molar-refractivity contribution in [3.63, 3.8) is 0 Å². The molecule has 1 unspecified atom stereocenters. The molecule has 1 saturated heterocycles. The second-order valence-electron chi connectivity index (χ2n) is 5.41. The fraction of sp³-hybridized carbons (Fsp3) is 0.615. The van der Waals surface area contributed by atoms with Crippen molar-refractivity contribution in [2.45, 2.75) is 25.3 Å². The van der Waals surface area contributed by atoms with Gasteiger partial charge in [-0.3, -0.25) is 14.3 Å². The van der Waals surface area contributed by atoms with Gasteiger partial charge in [0.05, 0.1) is 12.7 Å². The minimum Gasteiger partial charge on any atom is -0.342 e. The maximum atomic E-state index is 12.3. The van der Waals surface area contributed by atoms with Crippen molar-refractivity contribution in [1.29, 1.82) is 0 Å². The van der Waals surface area contributed by atoms with E-state index in [9.17, 15) is 9.59 Å². The van der Waals surface area contributed by atoms with E-state index in [1.165, 1.54) is 0 Å². The van der Waals surface area contributed by atoms with Crippen LogP contribution in [0.15, 0.2) is 12.4 Å². The van der Waals surface area contributed by atoms with Crippen molar-refractivity contribution in [3.8, 4) is 0 Å². The third-order valence-corrected chi connectivity index (χ3v) is 3.75. The molecule has 1 aliphatic heterocycles. The van der Waals surface area contributed by atoms with Crippen LogP contribution in [0.3, 0.4) is 0 Å². The van der Waals surface area contributed by atoms with Crippen molar-refractivity contribution in [2.75, 3.05) is 13.1 Å². The van der Waals surface area contributed by atoms with Gasteiger partial charge in [0.1, 0.15) is 6.04 Å². The van der Waals surface area contributed by atoms with E-state index < -0.39 is 0 Å². The first kappa shape index (κ1) is 12.2. The highest BCUT2D eigenvalue weighted by atomic mass is 16.2. The maximum absolute atomic E-state index is 12.3. The Labute approximate surface area is 111 Å². The number of nitrogens with one attached hydrogen (secondary N) is 1. The lowest BCUT2D eigenvalue weighted by molar-refractivity contribution is -0.144. The highest BCUT2D eigenvalue weighted by Gasteiger charge is 2.42. The van der Waals surface area contributed by atoms with Crippen LogP contribution in [0.2, 0.25) is 0 Å². The lowest BCUT2D eigenvalue weighted by Gasteiger charge is -2.32. The number of nitrogens with zero attached hydrogens (tertiary/aromatic N) is 3. The van der Waals surface area contributed by atoms with Crippen LogP contribution in [0.25, 0.3) is 0 Å². The summed E-state index contributed by atoms with van der Waals surface area (Å²) in [7, 11) is 1.87. The van der Waals surface area contributed by atoms with Crippen LogP contribution in [0, 0.1) is 5.92 Å². The Balaban J connectivity index is 1.62. The zero-order chi connectivity index (χ0) is 13.4. The van der Waals surface area contributed by atoms with Crippen molar-refractivity contribution in [1.82, 2.24) is 20.0 Å². The number of piperazine rings is 1. The summed E-state index contributed by atoms with van der Waals surface area (Å²) < 4.78 is 1.74. The Morgan fingerprint density at radius 3 is 2.84 bits per heavy atom. The molecular weight excluding hydrogens is 244 g/mol. The molecule has 102 valence electrons. The Morgan fingerprint density at radius 1 is 1.42 bits per heavy atom. The number of amides is 2. The summed E-state index contributed by atoms with van der Waals surface area (Å²) in [5.74, 6) is 0.395. The lowest BCUT2D eigenvalue weighted by atomic mass is 10.1. The molecule has 6 heteroatoms. The molecule has 3 rings (SSSR count). The predicted octanol–water partition coefficient (Wildman–Crippen LogP) is -0.300. The van der Waals surface area contributed by atoms with Crippen molar-refractivity contribution in [2.24, 2.45) is 13.0 Å². The fourth-order valence-corrected chi connectivity index (χ4v) is 2.53. The Kier molecular flexibility index (Phi) is 3.00. The standard InChI is InChI=1S/C13H18N4O2/c1-16-7-9(6-14-16)4-5-17-8-11(18)15-12(13(17)19)10-2-3-10/h6-7,10,12H,2-5,8H2,1H3,(H,15,18). The summed E-state index contributed by atoms with van der Waals surface area (Å²) in [6.07, 6.45) is 6.57. The number of aryl methyl sites for hydroxylation is 1. The topological polar surface area (TPSA) is 67.2 Å².